The van der Waals surface area contributed by atoms with E-state index in [2.05, 4.69) is 6.07 Å². The van der Waals surface area contributed by atoms with Gasteiger partial charge in [-0.1, -0.05) is 13.0 Å². The fourth-order valence-electron chi connectivity index (χ4n) is 1.61. The Bertz CT molecular complexity index is 465. The number of rotatable bonds is 6. The second kappa shape index (κ2) is 7.42. The Morgan fingerprint density at radius 2 is 2.26 bits per heavy atom. The molecule has 1 rings (SSSR count). The van der Waals surface area contributed by atoms with Crippen molar-refractivity contribution < 1.29 is 9.53 Å². The number of carbonyl (C=O) groups is 1. The van der Waals surface area contributed by atoms with E-state index >= 15 is 0 Å². The summed E-state index contributed by atoms with van der Waals surface area (Å²) in [5.74, 6) is 0.610. The standard InChI is InChI=1S/C15H20N2O2/c1-4-10-19-14-7-5-6-13(11-14)15(18)17(3)12(2)8-9-16/h5-7,11-12H,4,8,10H2,1-3H3. The molecule has 4 nitrogen and oxygen atoms in total. The number of nitriles is 1. The van der Waals surface area contributed by atoms with Gasteiger partial charge in [0.2, 0.25) is 0 Å². The van der Waals surface area contributed by atoms with Gasteiger partial charge < -0.3 is 9.64 Å². The van der Waals surface area contributed by atoms with Gasteiger partial charge in [0, 0.05) is 18.7 Å². The number of carbonyl (C=O) groups excluding carboxylic acids is 1. The van der Waals surface area contributed by atoms with Crippen LogP contribution in [-0.4, -0.2) is 30.5 Å². The number of benzene rings is 1. The van der Waals surface area contributed by atoms with Gasteiger partial charge in [0.05, 0.1) is 19.1 Å². The Kier molecular flexibility index (Phi) is 5.87. The molecule has 0 heterocycles. The SMILES string of the molecule is CCCOc1cccc(C(=O)N(C)C(C)CC#N)c1. The Labute approximate surface area is 114 Å². The molecule has 0 saturated carbocycles. The van der Waals surface area contributed by atoms with Crippen molar-refractivity contribution in [2.45, 2.75) is 32.7 Å². The van der Waals surface area contributed by atoms with Crippen molar-refractivity contribution in [2.24, 2.45) is 0 Å². The average molecular weight is 260 g/mol. The Morgan fingerprint density at radius 3 is 2.89 bits per heavy atom. The first-order chi connectivity index (χ1) is 9.10. The minimum Gasteiger partial charge on any atom is -0.494 e. The number of nitrogens with zero attached hydrogens (tertiary/aromatic N) is 2. The second-order valence-corrected chi connectivity index (χ2v) is 4.50. The van der Waals surface area contributed by atoms with Gasteiger partial charge in [-0.05, 0) is 31.5 Å². The summed E-state index contributed by atoms with van der Waals surface area (Å²) in [5.41, 5.74) is 0.584. The molecule has 1 aromatic carbocycles. The van der Waals surface area contributed by atoms with Crippen molar-refractivity contribution in [3.05, 3.63) is 29.8 Å². The molecule has 1 aromatic rings. The van der Waals surface area contributed by atoms with Crippen LogP contribution in [-0.2, 0) is 0 Å². The first-order valence-electron chi connectivity index (χ1n) is 6.47. The van der Waals surface area contributed by atoms with Crippen LogP contribution >= 0.6 is 0 Å². The van der Waals surface area contributed by atoms with E-state index in [0.29, 0.717) is 24.3 Å². The maximum atomic E-state index is 12.2. The second-order valence-electron chi connectivity index (χ2n) is 4.50. The van der Waals surface area contributed by atoms with Crippen molar-refractivity contribution in [3.8, 4) is 11.8 Å². The summed E-state index contributed by atoms with van der Waals surface area (Å²) in [6, 6.07) is 9.13. The van der Waals surface area contributed by atoms with Gasteiger partial charge in [-0.25, -0.2) is 0 Å². The molecule has 19 heavy (non-hydrogen) atoms. The van der Waals surface area contributed by atoms with E-state index in [1.54, 1.807) is 30.1 Å². The maximum Gasteiger partial charge on any atom is 0.254 e. The molecule has 1 unspecified atom stereocenters. The van der Waals surface area contributed by atoms with Crippen LogP contribution in [0.1, 0.15) is 37.0 Å². The van der Waals surface area contributed by atoms with Crippen molar-refractivity contribution >= 4 is 5.91 Å². The number of hydrogen-bond donors (Lipinski definition) is 0. The fourth-order valence-corrected chi connectivity index (χ4v) is 1.61. The summed E-state index contributed by atoms with van der Waals surface area (Å²) >= 11 is 0. The molecule has 0 radical (unpaired) electrons. The first-order valence-corrected chi connectivity index (χ1v) is 6.47. The lowest BCUT2D eigenvalue weighted by Gasteiger charge is -2.23. The molecule has 0 fully saturated rings. The third-order valence-corrected chi connectivity index (χ3v) is 2.92. The summed E-state index contributed by atoms with van der Waals surface area (Å²) in [7, 11) is 1.71. The Hall–Kier alpha value is -2.02. The average Bonchev–Trinajstić information content (AvgIpc) is 2.44. The topological polar surface area (TPSA) is 53.3 Å². The highest BCUT2D eigenvalue weighted by atomic mass is 16.5. The van der Waals surface area contributed by atoms with Crippen LogP contribution in [0.2, 0.25) is 0 Å². The van der Waals surface area contributed by atoms with E-state index in [4.69, 9.17) is 10.00 Å². The quantitative estimate of drug-likeness (QED) is 0.790. The molecule has 0 aromatic heterocycles. The van der Waals surface area contributed by atoms with Gasteiger partial charge in [0.1, 0.15) is 5.75 Å². The highest BCUT2D eigenvalue weighted by Gasteiger charge is 2.17. The van der Waals surface area contributed by atoms with Gasteiger partial charge in [0.15, 0.2) is 0 Å². The molecule has 0 spiro atoms. The zero-order valence-corrected chi connectivity index (χ0v) is 11.7. The number of hydrogen-bond acceptors (Lipinski definition) is 3. The van der Waals surface area contributed by atoms with Crippen LogP contribution in [0.15, 0.2) is 24.3 Å². The lowest BCUT2D eigenvalue weighted by Crippen LogP contribution is -2.34. The van der Waals surface area contributed by atoms with Crippen LogP contribution in [0.4, 0.5) is 0 Å². The van der Waals surface area contributed by atoms with E-state index < -0.39 is 0 Å². The van der Waals surface area contributed by atoms with Crippen molar-refractivity contribution in [3.63, 3.8) is 0 Å². The van der Waals surface area contributed by atoms with E-state index in [9.17, 15) is 4.79 Å². The lowest BCUT2D eigenvalue weighted by atomic mass is 10.1. The van der Waals surface area contributed by atoms with Gasteiger partial charge >= 0.3 is 0 Å². The number of ether oxygens (including phenoxy) is 1. The molecule has 102 valence electrons. The molecular weight excluding hydrogens is 240 g/mol. The summed E-state index contributed by atoms with van der Waals surface area (Å²) in [6.07, 6.45) is 1.26. The minimum atomic E-state index is -0.0993. The molecule has 0 bridgehead atoms. The fraction of sp³-hybridized carbons (Fsp3) is 0.467. The third-order valence-electron chi connectivity index (χ3n) is 2.92. The highest BCUT2D eigenvalue weighted by Crippen LogP contribution is 2.16. The summed E-state index contributed by atoms with van der Waals surface area (Å²) < 4.78 is 5.51. The molecule has 1 atom stereocenters. The largest absolute Gasteiger partial charge is 0.494 e. The van der Waals surface area contributed by atoms with Crippen LogP contribution in [0.5, 0.6) is 5.75 Å². The molecule has 1 amide bonds. The van der Waals surface area contributed by atoms with Crippen molar-refractivity contribution in [2.75, 3.05) is 13.7 Å². The van der Waals surface area contributed by atoms with Crippen LogP contribution in [0, 0.1) is 11.3 Å². The first kappa shape index (κ1) is 15.0. The molecule has 0 N–H and O–H groups in total. The number of amides is 1. The third kappa shape index (κ3) is 4.29. The molecule has 4 heteroatoms. The monoisotopic (exact) mass is 260 g/mol. The van der Waals surface area contributed by atoms with E-state index in [0.717, 1.165) is 6.42 Å². The zero-order chi connectivity index (χ0) is 14.3. The highest BCUT2D eigenvalue weighted by molar-refractivity contribution is 5.94. The zero-order valence-electron chi connectivity index (χ0n) is 11.7. The lowest BCUT2D eigenvalue weighted by molar-refractivity contribution is 0.0745. The normalized spacial score (nSPS) is 11.5. The van der Waals surface area contributed by atoms with Gasteiger partial charge in [-0.15, -0.1) is 0 Å². The molecular formula is C15H20N2O2. The maximum absolute atomic E-state index is 12.2. The van der Waals surface area contributed by atoms with Gasteiger partial charge in [-0.3, -0.25) is 4.79 Å². The molecule has 0 saturated heterocycles. The summed E-state index contributed by atoms with van der Waals surface area (Å²) in [4.78, 5) is 13.8. The predicted octanol–water partition coefficient (Wildman–Crippen LogP) is 2.85. The predicted molar refractivity (Wildman–Crippen MR) is 74.0 cm³/mol. The van der Waals surface area contributed by atoms with Gasteiger partial charge in [-0.2, -0.15) is 5.26 Å². The molecule has 0 aliphatic rings. The smallest absolute Gasteiger partial charge is 0.254 e. The van der Waals surface area contributed by atoms with E-state index in [-0.39, 0.29) is 11.9 Å². The van der Waals surface area contributed by atoms with Gasteiger partial charge in [0.25, 0.3) is 5.91 Å². The van der Waals surface area contributed by atoms with Crippen molar-refractivity contribution in [1.29, 1.82) is 5.26 Å². The Morgan fingerprint density at radius 1 is 1.53 bits per heavy atom. The Balaban J connectivity index is 2.79. The molecule has 0 aliphatic heterocycles. The van der Waals surface area contributed by atoms with E-state index in [1.165, 1.54) is 0 Å². The summed E-state index contributed by atoms with van der Waals surface area (Å²) in [6.45, 7) is 4.53. The minimum absolute atomic E-state index is 0.0929. The van der Waals surface area contributed by atoms with Crippen LogP contribution in [0.25, 0.3) is 0 Å². The van der Waals surface area contributed by atoms with E-state index in [1.807, 2.05) is 19.9 Å². The molecule has 0 aliphatic carbocycles. The summed E-state index contributed by atoms with van der Waals surface area (Å²) in [5, 5.41) is 8.67. The van der Waals surface area contributed by atoms with Crippen LogP contribution < -0.4 is 4.74 Å². The van der Waals surface area contributed by atoms with Crippen LogP contribution in [0.3, 0.4) is 0 Å². The van der Waals surface area contributed by atoms with Crippen molar-refractivity contribution in [1.82, 2.24) is 4.90 Å².